The first-order valence-corrected chi connectivity index (χ1v) is 9.12. The molecule has 0 saturated carbocycles. The van der Waals surface area contributed by atoms with E-state index in [-0.39, 0.29) is 6.42 Å². The van der Waals surface area contributed by atoms with E-state index < -0.39 is 25.2 Å². The molecule has 0 heterocycles. The van der Waals surface area contributed by atoms with Crippen LogP contribution in [0, 0.1) is 0 Å². The van der Waals surface area contributed by atoms with Crippen LogP contribution in [0.1, 0.15) is 104 Å². The van der Waals surface area contributed by atoms with Crippen LogP contribution in [0.25, 0.3) is 0 Å². The summed E-state index contributed by atoms with van der Waals surface area (Å²) < 4.78 is 40.2. The molecule has 1 atom stereocenters. The van der Waals surface area contributed by atoms with E-state index in [1.807, 2.05) is 0 Å². The minimum Gasteiger partial charge on any atom is -0.463 e. The number of rotatable bonds is 17. The highest BCUT2D eigenvalue weighted by Gasteiger charge is 2.07. The lowest BCUT2D eigenvalue weighted by Crippen LogP contribution is -2.21. The minimum absolute atomic E-state index is 0.0816. The van der Waals surface area contributed by atoms with E-state index in [9.17, 15) is 9.90 Å². The van der Waals surface area contributed by atoms with Crippen molar-refractivity contribution in [1.82, 2.24) is 0 Å². The van der Waals surface area contributed by atoms with Gasteiger partial charge < -0.3 is 14.9 Å². The summed E-state index contributed by atoms with van der Waals surface area (Å²) in [5, 5.41) is 18.6. The van der Waals surface area contributed by atoms with Crippen molar-refractivity contribution in [2.45, 2.75) is 103 Å². The molecule has 0 aromatic rings. The monoisotopic (exact) mass is 335 g/mol. The molecule has 0 fully saturated rings. The number of carbonyl (C=O) groups is 1. The number of hydrogen-bond donors (Lipinski definition) is 2. The highest BCUT2D eigenvalue weighted by molar-refractivity contribution is 5.69. The van der Waals surface area contributed by atoms with Crippen LogP contribution in [-0.4, -0.2) is 35.4 Å². The maximum atomic E-state index is 11.7. The summed E-state index contributed by atoms with van der Waals surface area (Å²) in [7, 11) is 0. The fourth-order valence-electron chi connectivity index (χ4n) is 2.47. The van der Waals surface area contributed by atoms with Crippen molar-refractivity contribution >= 4 is 5.97 Å². The lowest BCUT2D eigenvalue weighted by atomic mass is 10.0. The summed E-state index contributed by atoms with van der Waals surface area (Å²) in [5.41, 5.74) is 0. The number of ether oxygens (including phenoxy) is 1. The van der Waals surface area contributed by atoms with Crippen molar-refractivity contribution in [3.8, 4) is 0 Å². The number of hydrogen-bond acceptors (Lipinski definition) is 4. The maximum absolute atomic E-state index is 11.7. The number of unbranched alkanes of at least 4 members (excludes halogenated alkanes) is 12. The molecule has 0 aromatic heterocycles. The molecule has 0 rings (SSSR count). The molecule has 0 saturated heterocycles. The molecule has 4 heteroatoms. The van der Waals surface area contributed by atoms with E-state index in [1.165, 1.54) is 57.8 Å². The van der Waals surface area contributed by atoms with Gasteiger partial charge in [-0.25, -0.2) is 0 Å². The van der Waals surface area contributed by atoms with Gasteiger partial charge in [-0.15, -0.1) is 0 Å². The molecule has 23 heavy (non-hydrogen) atoms. The van der Waals surface area contributed by atoms with Crippen LogP contribution in [0.2, 0.25) is 0 Å². The van der Waals surface area contributed by atoms with Crippen LogP contribution in [0.15, 0.2) is 0 Å². The highest BCUT2D eigenvalue weighted by atomic mass is 16.5. The highest BCUT2D eigenvalue weighted by Crippen LogP contribution is 2.13. The Morgan fingerprint density at radius 3 is 1.83 bits per heavy atom. The summed E-state index contributed by atoms with van der Waals surface area (Å²) >= 11 is 0. The molecule has 0 bridgehead atoms. The molecule has 138 valence electrons. The number of carbonyl (C=O) groups excluding carboxylic acids is 1. The fourth-order valence-corrected chi connectivity index (χ4v) is 2.47. The van der Waals surface area contributed by atoms with Gasteiger partial charge in [0.2, 0.25) is 0 Å². The second kappa shape index (κ2) is 17.7. The lowest BCUT2D eigenvalue weighted by Gasteiger charge is -2.08. The molecule has 0 radical (unpaired) electrons. The third kappa shape index (κ3) is 17.6. The molecule has 0 aliphatic carbocycles. The van der Waals surface area contributed by atoms with E-state index in [1.54, 1.807) is 0 Å². The SMILES string of the molecule is [2H]C([2H])(O)C([2H])(O)C([2H])([2H])OC(=O)CCCCCCCCCCCCCCC. The van der Waals surface area contributed by atoms with Gasteiger partial charge >= 0.3 is 5.97 Å². The Balaban J connectivity index is 3.73. The van der Waals surface area contributed by atoms with E-state index in [2.05, 4.69) is 11.7 Å². The van der Waals surface area contributed by atoms with Crippen LogP contribution in [0.3, 0.4) is 0 Å². The zero-order valence-electron chi connectivity index (χ0n) is 19.6. The third-order valence-corrected chi connectivity index (χ3v) is 3.85. The van der Waals surface area contributed by atoms with Crippen LogP contribution in [0.5, 0.6) is 0 Å². The lowest BCUT2D eigenvalue weighted by molar-refractivity contribution is -0.147. The Labute approximate surface area is 149 Å². The molecule has 0 aliphatic rings. The van der Waals surface area contributed by atoms with Gasteiger partial charge in [-0.1, -0.05) is 84.0 Å². The quantitative estimate of drug-likeness (QED) is 0.306. The van der Waals surface area contributed by atoms with E-state index in [0.29, 0.717) is 6.42 Å². The largest absolute Gasteiger partial charge is 0.463 e. The first kappa shape index (κ1) is 14.7. The normalized spacial score (nSPS) is 18.1. The van der Waals surface area contributed by atoms with Crippen molar-refractivity contribution < 1.29 is 26.6 Å². The van der Waals surface area contributed by atoms with Gasteiger partial charge in [0, 0.05) is 6.42 Å². The maximum Gasteiger partial charge on any atom is 0.305 e. The second-order valence-corrected chi connectivity index (χ2v) is 6.03. The van der Waals surface area contributed by atoms with E-state index >= 15 is 0 Å². The fraction of sp³-hybridized carbons (Fsp3) is 0.947. The van der Waals surface area contributed by atoms with Crippen LogP contribution < -0.4 is 0 Å². The van der Waals surface area contributed by atoms with Crippen molar-refractivity contribution in [3.63, 3.8) is 0 Å². The average molecular weight is 336 g/mol. The molecule has 0 aromatic carbocycles. The molecule has 4 nitrogen and oxygen atoms in total. The molecule has 0 spiro atoms. The van der Waals surface area contributed by atoms with Crippen LogP contribution in [0.4, 0.5) is 0 Å². The van der Waals surface area contributed by atoms with Crippen molar-refractivity contribution in [2.75, 3.05) is 13.1 Å². The summed E-state index contributed by atoms with van der Waals surface area (Å²) in [6.45, 7) is -4.72. The van der Waals surface area contributed by atoms with Crippen LogP contribution in [-0.2, 0) is 9.53 Å². The molecule has 1 unspecified atom stereocenters. The first-order chi connectivity index (χ1) is 13.0. The molecule has 0 aliphatic heterocycles. The summed E-state index contributed by atoms with van der Waals surface area (Å²) in [4.78, 5) is 11.7. The van der Waals surface area contributed by atoms with E-state index in [4.69, 9.17) is 12.0 Å². The smallest absolute Gasteiger partial charge is 0.305 e. The summed E-state index contributed by atoms with van der Waals surface area (Å²) in [5.74, 6) is -0.969. The van der Waals surface area contributed by atoms with Crippen molar-refractivity contribution in [2.24, 2.45) is 0 Å². The number of aliphatic hydroxyl groups is 2. The van der Waals surface area contributed by atoms with Gasteiger partial charge in [-0.2, -0.15) is 0 Å². The zero-order chi connectivity index (χ0) is 21.7. The minimum atomic E-state index is -3.62. The molecule has 2 N–H and O–H groups in total. The Bertz CT molecular complexity index is 425. The summed E-state index contributed by atoms with van der Waals surface area (Å²) in [6.07, 6.45) is 11.2. The molecule has 0 amide bonds. The van der Waals surface area contributed by atoms with Gasteiger partial charge in [-0.05, 0) is 6.42 Å². The molecular formula is C19H38O4. The molecular weight excluding hydrogens is 292 g/mol. The predicted octanol–water partition coefficient (Wildman–Crippen LogP) is 4.36. The Morgan fingerprint density at radius 2 is 1.39 bits per heavy atom. The Kier molecular flexibility index (Phi) is 11.3. The Morgan fingerprint density at radius 1 is 0.957 bits per heavy atom. The zero-order valence-corrected chi connectivity index (χ0v) is 14.6. The first-order valence-electron chi connectivity index (χ1n) is 11.6. The number of esters is 1. The van der Waals surface area contributed by atoms with Gasteiger partial charge in [0.15, 0.2) is 0 Å². The van der Waals surface area contributed by atoms with E-state index in [0.717, 1.165) is 19.3 Å². The summed E-state index contributed by atoms with van der Waals surface area (Å²) in [6, 6.07) is 0. The predicted molar refractivity (Wildman–Crippen MR) is 94.4 cm³/mol. The van der Waals surface area contributed by atoms with Gasteiger partial charge in [0.05, 0.1) is 13.4 Å². The van der Waals surface area contributed by atoms with Gasteiger partial charge in [0.1, 0.15) is 12.6 Å². The topological polar surface area (TPSA) is 66.8 Å². The standard InChI is InChI=1S/C19H38O4/c1-2-3-4-5-6-7-8-9-10-11-12-13-14-15-19(22)23-17-18(21)16-20/h18,20-21H,2-17H2,1H3/i16D2,17D2,18D. The van der Waals surface area contributed by atoms with Gasteiger partial charge in [-0.3, -0.25) is 4.79 Å². The third-order valence-electron chi connectivity index (χ3n) is 3.85. The average Bonchev–Trinajstić information content (AvgIpc) is 2.57. The van der Waals surface area contributed by atoms with Gasteiger partial charge in [0.25, 0.3) is 0 Å². The van der Waals surface area contributed by atoms with Crippen molar-refractivity contribution in [1.29, 1.82) is 0 Å². The van der Waals surface area contributed by atoms with Crippen LogP contribution >= 0.6 is 0 Å². The Hall–Kier alpha value is -0.610. The second-order valence-electron chi connectivity index (χ2n) is 6.03. The van der Waals surface area contributed by atoms with Crippen molar-refractivity contribution in [3.05, 3.63) is 0 Å².